The summed E-state index contributed by atoms with van der Waals surface area (Å²) in [6.45, 7) is 2.08. The highest BCUT2D eigenvalue weighted by Crippen LogP contribution is 2.32. The molecule has 0 amide bonds. The Labute approximate surface area is 174 Å². The number of fused-ring (bicyclic) bond motifs is 1. The number of alkyl halides is 1. The number of aromatic nitrogens is 4. The van der Waals surface area contributed by atoms with E-state index in [1.807, 2.05) is 42.5 Å². The topological polar surface area (TPSA) is 72.9 Å². The molecule has 1 aromatic carbocycles. The van der Waals surface area contributed by atoms with Crippen molar-refractivity contribution in [1.29, 1.82) is 0 Å². The lowest BCUT2D eigenvalue weighted by Gasteiger charge is -2.16. The van der Waals surface area contributed by atoms with Crippen molar-refractivity contribution >= 4 is 34.4 Å². The number of pyridine rings is 2. The van der Waals surface area contributed by atoms with Crippen molar-refractivity contribution in [2.24, 2.45) is 0 Å². The van der Waals surface area contributed by atoms with Crippen molar-refractivity contribution in [3.05, 3.63) is 60.3 Å². The fourth-order valence-electron chi connectivity index (χ4n) is 3.84. The number of hydrogen-bond donors (Lipinski definition) is 1. The molecule has 5 rings (SSSR count). The van der Waals surface area contributed by atoms with Crippen molar-refractivity contribution in [2.75, 3.05) is 23.7 Å². The van der Waals surface area contributed by atoms with Crippen molar-refractivity contribution < 1.29 is 0 Å². The molecule has 0 aliphatic carbocycles. The van der Waals surface area contributed by atoms with Crippen LogP contribution in [0.3, 0.4) is 0 Å². The van der Waals surface area contributed by atoms with Crippen molar-refractivity contribution in [2.45, 2.75) is 18.7 Å². The number of benzene rings is 1. The quantitative estimate of drug-likeness (QED) is 0.510. The van der Waals surface area contributed by atoms with E-state index in [-0.39, 0.29) is 0 Å². The third-order valence-corrected chi connectivity index (χ3v) is 5.66. The second kappa shape index (κ2) is 7.37. The number of rotatable bonds is 4. The van der Waals surface area contributed by atoms with Gasteiger partial charge in [0.2, 0.25) is 0 Å². The summed E-state index contributed by atoms with van der Waals surface area (Å²) in [7, 11) is 0. The van der Waals surface area contributed by atoms with Crippen LogP contribution in [0, 0.1) is 0 Å². The highest BCUT2D eigenvalue weighted by Gasteiger charge is 2.20. The molecule has 1 saturated heterocycles. The molecule has 1 aliphatic heterocycles. The summed E-state index contributed by atoms with van der Waals surface area (Å²) in [5.74, 6) is 2.64. The van der Waals surface area contributed by atoms with E-state index < -0.39 is 0 Å². The predicted molar refractivity (Wildman–Crippen MR) is 118 cm³/mol. The average molecular weight is 405 g/mol. The van der Waals surface area contributed by atoms with Crippen LogP contribution in [0.15, 0.2) is 54.7 Å². The summed E-state index contributed by atoms with van der Waals surface area (Å²) in [5.41, 5.74) is 10.6. The standard InChI is InChI=1S/C22H21ClN6/c23-14-15-5-7-16(8-6-15)29-21(17-4-3-11-25-20(17)24)26-18-9-10-19(27-22(18)29)28-12-1-2-13-28/h3-11H,1-2,12-14H2,(H2,24,25). The van der Waals surface area contributed by atoms with E-state index >= 15 is 0 Å². The molecule has 0 atom stereocenters. The maximum Gasteiger partial charge on any atom is 0.167 e. The van der Waals surface area contributed by atoms with Gasteiger partial charge in [0, 0.05) is 30.9 Å². The van der Waals surface area contributed by atoms with Gasteiger partial charge in [-0.05, 0) is 54.8 Å². The maximum absolute atomic E-state index is 6.19. The Balaban J connectivity index is 1.75. The van der Waals surface area contributed by atoms with Gasteiger partial charge in [-0.1, -0.05) is 12.1 Å². The molecule has 0 bridgehead atoms. The summed E-state index contributed by atoms with van der Waals surface area (Å²) < 4.78 is 2.06. The van der Waals surface area contributed by atoms with E-state index in [2.05, 4.69) is 20.5 Å². The van der Waals surface area contributed by atoms with Gasteiger partial charge >= 0.3 is 0 Å². The van der Waals surface area contributed by atoms with Crippen LogP contribution in [0.25, 0.3) is 28.2 Å². The van der Waals surface area contributed by atoms with Crippen LogP contribution in [0.4, 0.5) is 11.6 Å². The molecule has 6 nitrogen and oxygen atoms in total. The van der Waals surface area contributed by atoms with Crippen LogP contribution in [0.1, 0.15) is 18.4 Å². The Morgan fingerprint density at radius 2 is 1.76 bits per heavy atom. The first-order valence-electron chi connectivity index (χ1n) is 9.75. The molecular weight excluding hydrogens is 384 g/mol. The van der Waals surface area contributed by atoms with Crippen LogP contribution in [-0.4, -0.2) is 32.6 Å². The zero-order valence-electron chi connectivity index (χ0n) is 15.9. The minimum atomic E-state index is 0.446. The van der Waals surface area contributed by atoms with Gasteiger partial charge in [0.15, 0.2) is 11.5 Å². The molecule has 4 aromatic rings. The number of nitrogens with two attached hydrogens (primary N) is 1. The predicted octanol–water partition coefficient (Wildman–Crippen LogP) is 4.40. The Hall–Kier alpha value is -3.12. The molecule has 1 fully saturated rings. The zero-order valence-corrected chi connectivity index (χ0v) is 16.7. The number of nitrogen functional groups attached to an aromatic ring is 1. The Morgan fingerprint density at radius 3 is 2.48 bits per heavy atom. The first kappa shape index (κ1) is 17.9. The van der Waals surface area contributed by atoms with Crippen molar-refractivity contribution in [3.8, 4) is 17.1 Å². The number of halogens is 1. The summed E-state index contributed by atoms with van der Waals surface area (Å²) >= 11 is 5.98. The lowest BCUT2D eigenvalue weighted by molar-refractivity contribution is 0.938. The van der Waals surface area contributed by atoms with Crippen LogP contribution in [0.5, 0.6) is 0 Å². The van der Waals surface area contributed by atoms with Crippen molar-refractivity contribution in [3.63, 3.8) is 0 Å². The fraction of sp³-hybridized carbons (Fsp3) is 0.227. The molecule has 29 heavy (non-hydrogen) atoms. The first-order valence-corrected chi connectivity index (χ1v) is 10.3. The normalized spacial score (nSPS) is 14.0. The van der Waals surface area contributed by atoms with Gasteiger partial charge < -0.3 is 10.6 Å². The van der Waals surface area contributed by atoms with E-state index in [4.69, 9.17) is 27.3 Å². The second-order valence-electron chi connectivity index (χ2n) is 7.21. The summed E-state index contributed by atoms with van der Waals surface area (Å²) in [6.07, 6.45) is 4.09. The molecule has 0 spiro atoms. The highest BCUT2D eigenvalue weighted by atomic mass is 35.5. The molecule has 1 aliphatic rings. The van der Waals surface area contributed by atoms with Gasteiger partial charge in [-0.3, -0.25) is 4.57 Å². The fourth-order valence-corrected chi connectivity index (χ4v) is 4.01. The van der Waals surface area contributed by atoms with E-state index in [1.54, 1.807) is 6.20 Å². The molecule has 146 valence electrons. The summed E-state index contributed by atoms with van der Waals surface area (Å²) in [4.78, 5) is 16.4. The number of nitrogens with zero attached hydrogens (tertiary/aromatic N) is 5. The minimum absolute atomic E-state index is 0.446. The van der Waals surface area contributed by atoms with Crippen LogP contribution >= 0.6 is 11.6 Å². The zero-order chi connectivity index (χ0) is 19.8. The summed E-state index contributed by atoms with van der Waals surface area (Å²) in [5, 5.41) is 0. The minimum Gasteiger partial charge on any atom is -0.383 e. The van der Waals surface area contributed by atoms with E-state index in [1.165, 1.54) is 12.8 Å². The van der Waals surface area contributed by atoms with Gasteiger partial charge in [0.05, 0.1) is 5.56 Å². The Kier molecular flexibility index (Phi) is 4.56. The SMILES string of the molecule is Nc1ncccc1-c1nc2ccc(N3CCCC3)nc2n1-c1ccc(CCl)cc1. The molecule has 0 unspecified atom stereocenters. The van der Waals surface area contributed by atoms with Gasteiger partial charge in [0.1, 0.15) is 17.2 Å². The van der Waals surface area contributed by atoms with Gasteiger partial charge in [0.25, 0.3) is 0 Å². The smallest absolute Gasteiger partial charge is 0.167 e. The van der Waals surface area contributed by atoms with Gasteiger partial charge in [-0.15, -0.1) is 11.6 Å². The largest absolute Gasteiger partial charge is 0.383 e. The molecular formula is C22H21ClN6. The molecule has 0 saturated carbocycles. The molecule has 7 heteroatoms. The first-order chi connectivity index (χ1) is 14.2. The van der Waals surface area contributed by atoms with Crippen LogP contribution in [0.2, 0.25) is 0 Å². The van der Waals surface area contributed by atoms with E-state index in [9.17, 15) is 0 Å². The number of anilines is 2. The molecule has 2 N–H and O–H groups in total. The molecule has 4 heterocycles. The second-order valence-corrected chi connectivity index (χ2v) is 7.48. The number of imidazole rings is 1. The lowest BCUT2D eigenvalue weighted by atomic mass is 10.2. The average Bonchev–Trinajstić information content (AvgIpc) is 3.42. The number of hydrogen-bond acceptors (Lipinski definition) is 5. The summed E-state index contributed by atoms with van der Waals surface area (Å²) in [6, 6.07) is 16.0. The van der Waals surface area contributed by atoms with E-state index in [0.29, 0.717) is 11.7 Å². The molecule has 0 radical (unpaired) electrons. The van der Waals surface area contributed by atoms with Crippen LogP contribution in [-0.2, 0) is 5.88 Å². The van der Waals surface area contributed by atoms with Crippen molar-refractivity contribution in [1.82, 2.24) is 19.5 Å². The molecule has 3 aromatic heterocycles. The highest BCUT2D eigenvalue weighted by molar-refractivity contribution is 6.17. The van der Waals surface area contributed by atoms with Gasteiger partial charge in [-0.2, -0.15) is 0 Å². The Morgan fingerprint density at radius 1 is 0.966 bits per heavy atom. The Bertz CT molecular complexity index is 1160. The third kappa shape index (κ3) is 3.19. The lowest BCUT2D eigenvalue weighted by Crippen LogP contribution is -2.19. The maximum atomic E-state index is 6.19. The van der Waals surface area contributed by atoms with Gasteiger partial charge in [-0.25, -0.2) is 15.0 Å². The van der Waals surface area contributed by atoms with E-state index in [0.717, 1.165) is 52.7 Å². The third-order valence-electron chi connectivity index (χ3n) is 5.35. The van der Waals surface area contributed by atoms with Crippen LogP contribution < -0.4 is 10.6 Å². The monoisotopic (exact) mass is 404 g/mol.